The molecule has 0 radical (unpaired) electrons. The fraction of sp³-hybridized carbons (Fsp3) is 0.800. The molecule has 0 aromatic heterocycles. The highest BCUT2D eigenvalue weighted by atomic mass is 16.3. The zero-order valence-electron chi connectivity index (χ0n) is 33.0. The molecular formula is C45H83NO4. The smallest absolute Gasteiger partial charge is 0.222 e. The van der Waals surface area contributed by atoms with Gasteiger partial charge in [0, 0.05) is 0 Å². The second kappa shape index (κ2) is 40.1. The van der Waals surface area contributed by atoms with E-state index in [0.29, 0.717) is 6.42 Å². The lowest BCUT2D eigenvalue weighted by Crippen LogP contribution is -2.45. The van der Waals surface area contributed by atoms with Gasteiger partial charge in [0.25, 0.3) is 0 Å². The number of aliphatic hydroxyl groups excluding tert-OH is 3. The molecule has 0 aliphatic heterocycles. The Balaban J connectivity index is 3.78. The summed E-state index contributed by atoms with van der Waals surface area (Å²) in [6.45, 7) is 4.18. The molecule has 50 heavy (non-hydrogen) atoms. The lowest BCUT2D eigenvalue weighted by Gasteiger charge is -2.20. The monoisotopic (exact) mass is 702 g/mol. The van der Waals surface area contributed by atoms with E-state index in [9.17, 15) is 20.1 Å². The molecule has 0 aliphatic rings. The summed E-state index contributed by atoms with van der Waals surface area (Å²) in [6, 6.07) is -0.770. The van der Waals surface area contributed by atoms with E-state index in [-0.39, 0.29) is 18.9 Å². The number of hydrogen-bond acceptors (Lipinski definition) is 4. The van der Waals surface area contributed by atoms with Crippen LogP contribution in [0.2, 0.25) is 0 Å². The highest BCUT2D eigenvalue weighted by Crippen LogP contribution is 2.13. The van der Waals surface area contributed by atoms with E-state index in [0.717, 1.165) is 51.4 Å². The van der Waals surface area contributed by atoms with Crippen molar-refractivity contribution < 1.29 is 20.1 Å². The van der Waals surface area contributed by atoms with Gasteiger partial charge in [0.15, 0.2) is 0 Å². The summed E-state index contributed by atoms with van der Waals surface area (Å²) in [5.74, 6) is -0.336. The molecule has 0 bridgehead atoms. The van der Waals surface area contributed by atoms with Crippen LogP contribution in [0.3, 0.4) is 0 Å². The number of unbranched alkanes of at least 4 members (excludes halogenated alkanes) is 23. The van der Waals surface area contributed by atoms with E-state index in [1.54, 1.807) is 6.08 Å². The topological polar surface area (TPSA) is 89.8 Å². The number of carbonyl (C=O) groups is 1. The van der Waals surface area contributed by atoms with Gasteiger partial charge in [-0.15, -0.1) is 0 Å². The van der Waals surface area contributed by atoms with Crippen molar-refractivity contribution in [2.45, 2.75) is 225 Å². The van der Waals surface area contributed by atoms with E-state index >= 15 is 0 Å². The number of amides is 1. The van der Waals surface area contributed by atoms with Crippen LogP contribution >= 0.6 is 0 Å². The molecule has 3 atom stereocenters. The predicted molar refractivity (Wildman–Crippen MR) is 217 cm³/mol. The Morgan fingerprint density at radius 2 is 0.860 bits per heavy atom. The summed E-state index contributed by atoms with van der Waals surface area (Å²) >= 11 is 0. The quantitative estimate of drug-likeness (QED) is 0.0381. The van der Waals surface area contributed by atoms with Crippen molar-refractivity contribution in [2.75, 3.05) is 6.61 Å². The van der Waals surface area contributed by atoms with Crippen LogP contribution in [0.25, 0.3) is 0 Å². The maximum Gasteiger partial charge on any atom is 0.222 e. The first-order chi connectivity index (χ1) is 24.5. The molecule has 292 valence electrons. The molecule has 0 saturated carbocycles. The second-order valence-electron chi connectivity index (χ2n) is 14.6. The normalized spacial score (nSPS) is 14.1. The first kappa shape index (κ1) is 48.3. The third-order valence-corrected chi connectivity index (χ3v) is 9.57. The van der Waals surface area contributed by atoms with Crippen LogP contribution in [0, 0.1) is 0 Å². The number of allylic oxidation sites excluding steroid dienone is 7. The van der Waals surface area contributed by atoms with Gasteiger partial charge in [-0.3, -0.25) is 4.79 Å². The molecule has 0 spiro atoms. The largest absolute Gasteiger partial charge is 0.394 e. The van der Waals surface area contributed by atoms with Crippen LogP contribution in [0.5, 0.6) is 0 Å². The van der Waals surface area contributed by atoms with E-state index in [1.165, 1.54) is 128 Å². The van der Waals surface area contributed by atoms with E-state index < -0.39 is 18.2 Å². The van der Waals surface area contributed by atoms with Gasteiger partial charge in [-0.05, 0) is 70.6 Å². The molecule has 0 heterocycles. The summed E-state index contributed by atoms with van der Waals surface area (Å²) in [7, 11) is 0. The number of rotatable bonds is 38. The van der Waals surface area contributed by atoms with Crippen LogP contribution in [0.15, 0.2) is 48.6 Å². The van der Waals surface area contributed by atoms with Crippen LogP contribution in [0.1, 0.15) is 206 Å². The van der Waals surface area contributed by atoms with Crippen LogP contribution in [-0.4, -0.2) is 46.1 Å². The number of carbonyl (C=O) groups excluding carboxylic acids is 1. The zero-order valence-corrected chi connectivity index (χ0v) is 33.0. The minimum absolute atomic E-state index is 0.00434. The maximum absolute atomic E-state index is 12.4. The Bertz CT molecular complexity index is 820. The summed E-state index contributed by atoms with van der Waals surface area (Å²) in [4.78, 5) is 12.4. The third-order valence-electron chi connectivity index (χ3n) is 9.57. The SMILES string of the molecule is CCCCCCCC/C=C\CCCCCCCC(O)CC(=O)NC(CO)C(O)/C=C/CC/C=C/CC/C=C/CCCCCCCCCCCC. The van der Waals surface area contributed by atoms with Crippen LogP contribution in [0.4, 0.5) is 0 Å². The van der Waals surface area contributed by atoms with E-state index in [4.69, 9.17) is 0 Å². The number of hydrogen-bond donors (Lipinski definition) is 4. The average Bonchev–Trinajstić information content (AvgIpc) is 3.11. The molecule has 5 nitrogen and oxygen atoms in total. The Labute approximate surface area is 310 Å². The lowest BCUT2D eigenvalue weighted by molar-refractivity contribution is -0.124. The predicted octanol–water partition coefficient (Wildman–Crippen LogP) is 12.2. The summed E-state index contributed by atoms with van der Waals surface area (Å²) in [5.41, 5.74) is 0. The van der Waals surface area contributed by atoms with E-state index in [1.807, 2.05) is 6.08 Å². The highest BCUT2D eigenvalue weighted by molar-refractivity contribution is 5.76. The first-order valence-corrected chi connectivity index (χ1v) is 21.4. The van der Waals surface area contributed by atoms with Gasteiger partial charge in [0.2, 0.25) is 5.91 Å². The van der Waals surface area contributed by atoms with E-state index in [2.05, 4.69) is 55.6 Å². The summed E-state index contributed by atoms with van der Waals surface area (Å²) in [5, 5.41) is 33.1. The number of aliphatic hydroxyl groups is 3. The molecule has 4 N–H and O–H groups in total. The Kier molecular flexibility index (Phi) is 38.7. The molecule has 5 heteroatoms. The molecule has 0 fully saturated rings. The summed E-state index contributed by atoms with van der Waals surface area (Å²) < 4.78 is 0. The van der Waals surface area contributed by atoms with Crippen molar-refractivity contribution in [1.82, 2.24) is 5.32 Å². The second-order valence-corrected chi connectivity index (χ2v) is 14.6. The van der Waals surface area contributed by atoms with Gasteiger partial charge in [-0.25, -0.2) is 0 Å². The molecule has 0 rings (SSSR count). The minimum atomic E-state index is -0.962. The third kappa shape index (κ3) is 36.1. The molecule has 3 unspecified atom stereocenters. The number of nitrogens with one attached hydrogen (secondary N) is 1. The van der Waals surface area contributed by atoms with Gasteiger partial charge in [0.05, 0.1) is 31.3 Å². The highest BCUT2D eigenvalue weighted by Gasteiger charge is 2.20. The van der Waals surface area contributed by atoms with Crippen LogP contribution < -0.4 is 5.32 Å². The Morgan fingerprint density at radius 1 is 0.500 bits per heavy atom. The van der Waals surface area contributed by atoms with Crippen molar-refractivity contribution in [1.29, 1.82) is 0 Å². The Morgan fingerprint density at radius 3 is 1.28 bits per heavy atom. The zero-order chi connectivity index (χ0) is 36.6. The maximum atomic E-state index is 12.4. The lowest BCUT2D eigenvalue weighted by atomic mass is 10.0. The van der Waals surface area contributed by atoms with Gasteiger partial charge in [0.1, 0.15) is 0 Å². The van der Waals surface area contributed by atoms with Crippen molar-refractivity contribution in [3.05, 3.63) is 48.6 Å². The van der Waals surface area contributed by atoms with Crippen LogP contribution in [-0.2, 0) is 4.79 Å². The fourth-order valence-corrected chi connectivity index (χ4v) is 6.25. The molecular weight excluding hydrogens is 618 g/mol. The Hall–Kier alpha value is -1.69. The van der Waals surface area contributed by atoms with Crippen molar-refractivity contribution >= 4 is 5.91 Å². The molecule has 0 aromatic rings. The molecule has 0 saturated heterocycles. The van der Waals surface area contributed by atoms with Crippen molar-refractivity contribution in [3.63, 3.8) is 0 Å². The molecule has 1 amide bonds. The van der Waals surface area contributed by atoms with Gasteiger partial charge < -0.3 is 20.6 Å². The fourth-order valence-electron chi connectivity index (χ4n) is 6.25. The minimum Gasteiger partial charge on any atom is -0.394 e. The average molecular weight is 702 g/mol. The van der Waals surface area contributed by atoms with Crippen molar-refractivity contribution in [2.24, 2.45) is 0 Å². The molecule has 0 aromatic carbocycles. The molecule has 0 aliphatic carbocycles. The first-order valence-electron chi connectivity index (χ1n) is 21.4. The van der Waals surface area contributed by atoms with Gasteiger partial charge in [-0.1, -0.05) is 178 Å². The van der Waals surface area contributed by atoms with Gasteiger partial charge in [-0.2, -0.15) is 0 Å². The van der Waals surface area contributed by atoms with Gasteiger partial charge >= 0.3 is 0 Å². The summed E-state index contributed by atoms with van der Waals surface area (Å²) in [6.07, 6.45) is 51.0. The van der Waals surface area contributed by atoms with Crippen molar-refractivity contribution in [3.8, 4) is 0 Å². The standard InChI is InChI=1S/C45H83NO4/c1-3-5-7-9-11-13-15-17-19-20-21-22-23-25-27-29-31-33-35-37-39-44(49)43(41-47)46-45(50)40-42(48)38-36-34-32-30-28-26-24-18-16-14-12-10-8-6-4-2/h18,22-24,29,31,37,39,42-44,47-49H,3-17,19-21,25-28,30,32-36,38,40-41H2,1-2H3,(H,46,50)/b23-22+,24-18-,31-29+,39-37+.